The fourth-order valence-corrected chi connectivity index (χ4v) is 2.42. The standard InChI is InChI=1S/C11H20O3/c1-2-13-8-11(7-12)5-6-14-10(11)9-3-4-9/h9-10,12H,2-8H2,1H3. The van der Waals surface area contributed by atoms with Crippen LogP contribution in [0.2, 0.25) is 0 Å². The first-order chi connectivity index (χ1) is 6.82. The molecule has 82 valence electrons. The van der Waals surface area contributed by atoms with Crippen LogP contribution < -0.4 is 0 Å². The molecule has 3 nitrogen and oxygen atoms in total. The smallest absolute Gasteiger partial charge is 0.0704 e. The van der Waals surface area contributed by atoms with Gasteiger partial charge in [-0.25, -0.2) is 0 Å². The predicted octanol–water partition coefficient (Wildman–Crippen LogP) is 1.20. The molecule has 1 saturated carbocycles. The van der Waals surface area contributed by atoms with Crippen LogP contribution in [0.25, 0.3) is 0 Å². The molecule has 0 amide bonds. The zero-order valence-electron chi connectivity index (χ0n) is 8.87. The molecular weight excluding hydrogens is 180 g/mol. The molecule has 2 fully saturated rings. The summed E-state index contributed by atoms with van der Waals surface area (Å²) in [7, 11) is 0. The summed E-state index contributed by atoms with van der Waals surface area (Å²) in [5.41, 5.74) is -0.100. The van der Waals surface area contributed by atoms with E-state index in [-0.39, 0.29) is 18.1 Å². The van der Waals surface area contributed by atoms with Gasteiger partial charge in [0, 0.05) is 18.6 Å². The molecule has 1 aliphatic carbocycles. The van der Waals surface area contributed by atoms with Gasteiger partial charge < -0.3 is 14.6 Å². The largest absolute Gasteiger partial charge is 0.396 e. The molecule has 0 bridgehead atoms. The van der Waals surface area contributed by atoms with E-state index in [1.54, 1.807) is 0 Å². The maximum atomic E-state index is 9.53. The second kappa shape index (κ2) is 4.17. The third-order valence-corrected chi connectivity index (χ3v) is 3.46. The van der Waals surface area contributed by atoms with Gasteiger partial charge in [-0.15, -0.1) is 0 Å². The Hall–Kier alpha value is -0.120. The molecule has 2 rings (SSSR count). The van der Waals surface area contributed by atoms with Crippen LogP contribution in [0.5, 0.6) is 0 Å². The average Bonchev–Trinajstić information content (AvgIpc) is 2.97. The molecule has 0 aromatic carbocycles. The fourth-order valence-electron chi connectivity index (χ4n) is 2.42. The van der Waals surface area contributed by atoms with Crippen molar-refractivity contribution < 1.29 is 14.6 Å². The van der Waals surface area contributed by atoms with Crippen LogP contribution in [0.1, 0.15) is 26.2 Å². The van der Waals surface area contributed by atoms with E-state index in [9.17, 15) is 5.11 Å². The van der Waals surface area contributed by atoms with E-state index >= 15 is 0 Å². The van der Waals surface area contributed by atoms with Crippen molar-refractivity contribution in [1.82, 2.24) is 0 Å². The van der Waals surface area contributed by atoms with Crippen LogP contribution in [-0.4, -0.2) is 37.6 Å². The van der Waals surface area contributed by atoms with Gasteiger partial charge in [0.05, 0.1) is 19.3 Å². The van der Waals surface area contributed by atoms with Crippen molar-refractivity contribution in [3.05, 3.63) is 0 Å². The summed E-state index contributed by atoms with van der Waals surface area (Å²) in [6, 6.07) is 0. The zero-order chi connectivity index (χ0) is 10.0. The topological polar surface area (TPSA) is 38.7 Å². The van der Waals surface area contributed by atoms with Gasteiger partial charge in [-0.3, -0.25) is 0 Å². The summed E-state index contributed by atoms with van der Waals surface area (Å²) in [4.78, 5) is 0. The molecule has 2 atom stereocenters. The Morgan fingerprint density at radius 2 is 2.29 bits per heavy atom. The minimum atomic E-state index is -0.100. The van der Waals surface area contributed by atoms with Gasteiger partial charge in [0.2, 0.25) is 0 Å². The minimum absolute atomic E-state index is 0.100. The van der Waals surface area contributed by atoms with E-state index in [1.807, 2.05) is 6.92 Å². The van der Waals surface area contributed by atoms with E-state index < -0.39 is 0 Å². The summed E-state index contributed by atoms with van der Waals surface area (Å²) < 4.78 is 11.2. The normalized spacial score (nSPS) is 37.7. The molecule has 3 heteroatoms. The van der Waals surface area contributed by atoms with Gasteiger partial charge in [0.15, 0.2) is 0 Å². The quantitative estimate of drug-likeness (QED) is 0.724. The van der Waals surface area contributed by atoms with E-state index in [4.69, 9.17) is 9.47 Å². The third kappa shape index (κ3) is 1.81. The Morgan fingerprint density at radius 3 is 2.86 bits per heavy atom. The monoisotopic (exact) mass is 200 g/mol. The number of hydrogen-bond donors (Lipinski definition) is 1. The van der Waals surface area contributed by atoms with Crippen LogP contribution in [0.4, 0.5) is 0 Å². The second-order valence-electron chi connectivity index (χ2n) is 4.54. The Morgan fingerprint density at radius 1 is 1.50 bits per heavy atom. The van der Waals surface area contributed by atoms with Crippen LogP contribution in [-0.2, 0) is 9.47 Å². The molecule has 0 aromatic heterocycles. The average molecular weight is 200 g/mol. The summed E-state index contributed by atoms with van der Waals surface area (Å²) in [5, 5.41) is 9.53. The number of rotatable bonds is 5. The van der Waals surface area contributed by atoms with Crippen molar-refractivity contribution in [3.63, 3.8) is 0 Å². The highest BCUT2D eigenvalue weighted by Crippen LogP contribution is 2.47. The van der Waals surface area contributed by atoms with E-state index in [0.717, 1.165) is 19.6 Å². The molecule has 1 N–H and O–H groups in total. The van der Waals surface area contributed by atoms with Gasteiger partial charge in [0.1, 0.15) is 0 Å². The summed E-state index contributed by atoms with van der Waals surface area (Å²) in [6.07, 6.45) is 3.72. The van der Waals surface area contributed by atoms with Gasteiger partial charge >= 0.3 is 0 Å². The first kappa shape index (κ1) is 10.4. The maximum absolute atomic E-state index is 9.53. The maximum Gasteiger partial charge on any atom is 0.0704 e. The van der Waals surface area contributed by atoms with Crippen LogP contribution in [0.15, 0.2) is 0 Å². The molecule has 1 heterocycles. The van der Waals surface area contributed by atoms with E-state index in [1.165, 1.54) is 12.8 Å². The lowest BCUT2D eigenvalue weighted by Crippen LogP contribution is -2.40. The van der Waals surface area contributed by atoms with Crippen molar-refractivity contribution in [3.8, 4) is 0 Å². The van der Waals surface area contributed by atoms with E-state index in [2.05, 4.69) is 0 Å². The van der Waals surface area contributed by atoms with Crippen LogP contribution in [0, 0.1) is 11.3 Å². The molecule has 0 aromatic rings. The molecule has 14 heavy (non-hydrogen) atoms. The lowest BCUT2D eigenvalue weighted by molar-refractivity contribution is -0.0501. The fraction of sp³-hybridized carbons (Fsp3) is 1.00. The first-order valence-electron chi connectivity index (χ1n) is 5.62. The molecule has 0 spiro atoms. The highest BCUT2D eigenvalue weighted by Gasteiger charge is 2.50. The molecule has 1 saturated heterocycles. The van der Waals surface area contributed by atoms with Crippen molar-refractivity contribution in [2.45, 2.75) is 32.3 Å². The Labute approximate surface area is 85.4 Å². The molecule has 1 aliphatic heterocycles. The Balaban J connectivity index is 1.99. The first-order valence-corrected chi connectivity index (χ1v) is 5.62. The Kier molecular flexibility index (Phi) is 3.10. The van der Waals surface area contributed by atoms with Crippen LogP contribution >= 0.6 is 0 Å². The molecule has 0 radical (unpaired) electrons. The number of aliphatic hydroxyl groups is 1. The minimum Gasteiger partial charge on any atom is -0.396 e. The summed E-state index contributed by atoms with van der Waals surface area (Å²) in [6.45, 7) is 4.36. The van der Waals surface area contributed by atoms with Crippen molar-refractivity contribution in [1.29, 1.82) is 0 Å². The predicted molar refractivity (Wildman–Crippen MR) is 53.1 cm³/mol. The molecular formula is C11H20O3. The second-order valence-corrected chi connectivity index (χ2v) is 4.54. The van der Waals surface area contributed by atoms with Crippen molar-refractivity contribution in [2.24, 2.45) is 11.3 Å². The number of ether oxygens (including phenoxy) is 2. The SMILES string of the molecule is CCOCC1(CO)CCOC1C1CC1. The van der Waals surface area contributed by atoms with Gasteiger partial charge in [0.25, 0.3) is 0 Å². The highest BCUT2D eigenvalue weighted by atomic mass is 16.5. The third-order valence-electron chi connectivity index (χ3n) is 3.46. The number of hydrogen-bond acceptors (Lipinski definition) is 3. The molecule has 2 aliphatic rings. The molecule has 2 unspecified atom stereocenters. The summed E-state index contributed by atoms with van der Waals surface area (Å²) >= 11 is 0. The van der Waals surface area contributed by atoms with Gasteiger partial charge in [-0.2, -0.15) is 0 Å². The van der Waals surface area contributed by atoms with Gasteiger partial charge in [-0.1, -0.05) is 0 Å². The Bertz CT molecular complexity index is 191. The van der Waals surface area contributed by atoms with Crippen LogP contribution in [0.3, 0.4) is 0 Å². The van der Waals surface area contributed by atoms with Crippen molar-refractivity contribution >= 4 is 0 Å². The lowest BCUT2D eigenvalue weighted by atomic mass is 9.80. The zero-order valence-corrected chi connectivity index (χ0v) is 8.87. The van der Waals surface area contributed by atoms with Crippen molar-refractivity contribution in [2.75, 3.05) is 26.4 Å². The number of aliphatic hydroxyl groups excluding tert-OH is 1. The van der Waals surface area contributed by atoms with Gasteiger partial charge in [-0.05, 0) is 32.1 Å². The highest BCUT2D eigenvalue weighted by molar-refractivity contribution is 4.99. The summed E-state index contributed by atoms with van der Waals surface area (Å²) in [5.74, 6) is 0.685. The van der Waals surface area contributed by atoms with E-state index in [0.29, 0.717) is 12.5 Å². The lowest BCUT2D eigenvalue weighted by Gasteiger charge is -2.31.